The molecule has 8 nitrogen and oxygen atoms in total. The molecule has 32 heavy (non-hydrogen) atoms. The van der Waals surface area contributed by atoms with Crippen molar-refractivity contribution >= 4 is 50.7 Å². The van der Waals surface area contributed by atoms with Crippen molar-refractivity contribution in [1.82, 2.24) is 14.6 Å². The maximum Gasteiger partial charge on any atom is 0.336 e. The van der Waals surface area contributed by atoms with E-state index in [1.54, 1.807) is 34.8 Å². The number of carbonyl (C=O) groups is 1. The van der Waals surface area contributed by atoms with Crippen LogP contribution >= 0.6 is 22.9 Å². The number of nitrogens with one attached hydrogen (secondary N) is 1. The van der Waals surface area contributed by atoms with Gasteiger partial charge < -0.3 is 9.15 Å². The molecule has 0 atom stereocenters. The summed E-state index contributed by atoms with van der Waals surface area (Å²) in [5, 5.41) is 10.4. The van der Waals surface area contributed by atoms with Crippen LogP contribution in [0.4, 0.5) is 5.95 Å². The molecule has 0 radical (unpaired) electrons. The van der Waals surface area contributed by atoms with Crippen LogP contribution in [0.5, 0.6) is 5.75 Å². The lowest BCUT2D eigenvalue weighted by atomic mass is 10.1. The summed E-state index contributed by atoms with van der Waals surface area (Å²) in [5.74, 6) is 0.174. The molecule has 0 aliphatic carbocycles. The number of nitrogens with zero attached hydrogens (tertiary/aromatic N) is 3. The number of amides is 1. The highest BCUT2D eigenvalue weighted by atomic mass is 35.5. The summed E-state index contributed by atoms with van der Waals surface area (Å²) in [5.41, 5.74) is 2.56. The van der Waals surface area contributed by atoms with Gasteiger partial charge >= 0.3 is 5.63 Å². The van der Waals surface area contributed by atoms with Gasteiger partial charge in [-0.25, -0.2) is 9.31 Å². The van der Waals surface area contributed by atoms with E-state index < -0.39 is 11.5 Å². The number of benzene rings is 2. The number of aromatic nitrogens is 3. The fourth-order valence-electron chi connectivity index (χ4n) is 3.26. The van der Waals surface area contributed by atoms with E-state index in [-0.39, 0.29) is 12.6 Å². The van der Waals surface area contributed by atoms with Crippen LogP contribution in [0.3, 0.4) is 0 Å². The van der Waals surface area contributed by atoms with Crippen molar-refractivity contribution in [3.8, 4) is 17.0 Å². The molecule has 0 aliphatic heterocycles. The van der Waals surface area contributed by atoms with E-state index >= 15 is 0 Å². The molecule has 0 saturated carbocycles. The quantitative estimate of drug-likeness (QED) is 0.382. The first-order valence-corrected chi connectivity index (χ1v) is 10.8. The fourth-order valence-corrected chi connectivity index (χ4v) is 4.22. The molecule has 0 fully saturated rings. The second-order valence-corrected chi connectivity index (χ2v) is 8.27. The molecular weight excluding hydrogens is 452 g/mol. The molecule has 5 aromatic rings. The number of ether oxygens (including phenoxy) is 1. The SMILES string of the molecule is Cc1cc(=O)oc2cc(OCC(=O)Nc3nc4scc(-c5ccc(Cl)cc5)n4n3)ccc12. The molecule has 1 amide bonds. The fraction of sp³-hybridized carbons (Fsp3) is 0.0909. The summed E-state index contributed by atoms with van der Waals surface area (Å²) in [7, 11) is 0. The Morgan fingerprint density at radius 1 is 1.22 bits per heavy atom. The van der Waals surface area contributed by atoms with Crippen LogP contribution in [-0.2, 0) is 4.79 Å². The zero-order valence-corrected chi connectivity index (χ0v) is 18.2. The predicted octanol–water partition coefficient (Wildman–Crippen LogP) is 4.54. The Balaban J connectivity index is 1.28. The van der Waals surface area contributed by atoms with E-state index in [0.29, 0.717) is 21.3 Å². The average molecular weight is 467 g/mol. The third-order valence-electron chi connectivity index (χ3n) is 4.77. The first-order chi connectivity index (χ1) is 15.5. The van der Waals surface area contributed by atoms with Crippen LogP contribution in [0.2, 0.25) is 5.02 Å². The van der Waals surface area contributed by atoms with Crippen LogP contribution in [0.25, 0.3) is 27.2 Å². The Bertz CT molecular complexity index is 1520. The molecule has 1 N–H and O–H groups in total. The molecule has 3 aromatic heterocycles. The zero-order valence-electron chi connectivity index (χ0n) is 16.7. The molecule has 3 heterocycles. The summed E-state index contributed by atoms with van der Waals surface area (Å²) >= 11 is 7.37. The molecule has 160 valence electrons. The summed E-state index contributed by atoms with van der Waals surface area (Å²) < 4.78 is 12.4. The minimum Gasteiger partial charge on any atom is -0.484 e. The maximum atomic E-state index is 12.3. The maximum absolute atomic E-state index is 12.3. The van der Waals surface area contributed by atoms with E-state index in [1.807, 2.05) is 24.4 Å². The second-order valence-electron chi connectivity index (χ2n) is 7.00. The summed E-state index contributed by atoms with van der Waals surface area (Å²) in [4.78, 5) is 28.9. The number of fused-ring (bicyclic) bond motifs is 2. The Morgan fingerprint density at radius 2 is 2.03 bits per heavy atom. The van der Waals surface area contributed by atoms with E-state index in [2.05, 4.69) is 15.4 Å². The number of thiazole rings is 1. The van der Waals surface area contributed by atoms with Crippen molar-refractivity contribution in [2.24, 2.45) is 0 Å². The van der Waals surface area contributed by atoms with Crippen molar-refractivity contribution in [2.45, 2.75) is 6.92 Å². The van der Waals surface area contributed by atoms with Crippen molar-refractivity contribution in [3.63, 3.8) is 0 Å². The largest absolute Gasteiger partial charge is 0.484 e. The highest BCUT2D eigenvalue weighted by molar-refractivity contribution is 7.15. The highest BCUT2D eigenvalue weighted by Crippen LogP contribution is 2.27. The Labute approximate surface area is 190 Å². The Morgan fingerprint density at radius 3 is 2.84 bits per heavy atom. The third kappa shape index (κ3) is 3.95. The lowest BCUT2D eigenvalue weighted by Crippen LogP contribution is -2.21. The van der Waals surface area contributed by atoms with Gasteiger partial charge in [-0.3, -0.25) is 10.1 Å². The van der Waals surface area contributed by atoms with E-state index in [0.717, 1.165) is 22.2 Å². The molecular formula is C22H15ClN4O4S. The van der Waals surface area contributed by atoms with Gasteiger partial charge in [0.15, 0.2) is 6.61 Å². The third-order valence-corrected chi connectivity index (χ3v) is 5.83. The predicted molar refractivity (Wildman–Crippen MR) is 123 cm³/mol. The van der Waals surface area contributed by atoms with Crippen molar-refractivity contribution in [2.75, 3.05) is 11.9 Å². The first-order valence-electron chi connectivity index (χ1n) is 9.54. The minimum atomic E-state index is -0.436. The van der Waals surface area contributed by atoms with Crippen molar-refractivity contribution in [3.05, 3.63) is 74.9 Å². The molecule has 0 spiro atoms. The average Bonchev–Trinajstić information content (AvgIpc) is 3.33. The van der Waals surface area contributed by atoms with Crippen LogP contribution in [0.15, 0.2) is 63.1 Å². The lowest BCUT2D eigenvalue weighted by molar-refractivity contribution is -0.118. The van der Waals surface area contributed by atoms with Crippen molar-refractivity contribution in [1.29, 1.82) is 0 Å². The first kappa shape index (κ1) is 20.2. The number of carbonyl (C=O) groups excluding carboxylic acids is 1. The van der Waals surface area contributed by atoms with Gasteiger partial charge in [-0.1, -0.05) is 23.7 Å². The van der Waals surface area contributed by atoms with E-state index in [4.69, 9.17) is 20.8 Å². The van der Waals surface area contributed by atoms with Gasteiger partial charge in [0.25, 0.3) is 11.9 Å². The van der Waals surface area contributed by atoms with E-state index in [1.165, 1.54) is 17.4 Å². The molecule has 5 rings (SSSR count). The Hall–Kier alpha value is -3.69. The molecule has 0 unspecified atom stereocenters. The number of aryl methyl sites for hydroxylation is 1. The van der Waals surface area contributed by atoms with Gasteiger partial charge in [0.2, 0.25) is 4.96 Å². The van der Waals surface area contributed by atoms with Gasteiger partial charge in [0.05, 0.1) is 5.69 Å². The van der Waals surface area contributed by atoms with Gasteiger partial charge in [0.1, 0.15) is 11.3 Å². The standard InChI is InChI=1S/C22H15ClN4O4S/c1-12-8-20(29)31-18-9-15(6-7-16(12)18)30-10-19(28)24-21-25-22-27(26-21)17(11-32-22)13-2-4-14(23)5-3-13/h2-9,11H,10H2,1H3,(H,24,26,28). The molecule has 10 heteroatoms. The van der Waals surface area contributed by atoms with Crippen LogP contribution in [0.1, 0.15) is 5.56 Å². The van der Waals surface area contributed by atoms with Crippen LogP contribution in [-0.4, -0.2) is 27.1 Å². The smallest absolute Gasteiger partial charge is 0.336 e. The summed E-state index contributed by atoms with van der Waals surface area (Å²) in [6, 6.07) is 13.9. The molecule has 0 aliphatic rings. The number of hydrogen-bond donors (Lipinski definition) is 1. The normalized spacial score (nSPS) is 11.2. The zero-order chi connectivity index (χ0) is 22.2. The highest BCUT2D eigenvalue weighted by Gasteiger charge is 2.14. The lowest BCUT2D eigenvalue weighted by Gasteiger charge is -2.07. The molecule has 2 aromatic carbocycles. The molecule has 0 bridgehead atoms. The second kappa shape index (κ2) is 8.10. The van der Waals surface area contributed by atoms with Gasteiger partial charge in [0, 0.05) is 33.5 Å². The van der Waals surface area contributed by atoms with Gasteiger partial charge in [-0.05, 0) is 36.8 Å². The monoisotopic (exact) mass is 466 g/mol. The number of anilines is 1. The number of hydrogen-bond acceptors (Lipinski definition) is 7. The minimum absolute atomic E-state index is 0.181. The van der Waals surface area contributed by atoms with Gasteiger partial charge in [-0.2, -0.15) is 4.98 Å². The molecule has 0 saturated heterocycles. The summed E-state index contributed by atoms with van der Waals surface area (Å²) in [6.45, 7) is 1.58. The number of rotatable bonds is 5. The summed E-state index contributed by atoms with van der Waals surface area (Å²) in [6.07, 6.45) is 0. The Kier molecular flexibility index (Phi) is 5.12. The van der Waals surface area contributed by atoms with E-state index in [9.17, 15) is 9.59 Å². The number of halogens is 1. The van der Waals surface area contributed by atoms with Gasteiger partial charge in [-0.15, -0.1) is 16.4 Å². The van der Waals surface area contributed by atoms with Crippen LogP contribution in [0, 0.1) is 6.92 Å². The van der Waals surface area contributed by atoms with Crippen LogP contribution < -0.4 is 15.7 Å². The van der Waals surface area contributed by atoms with Crippen molar-refractivity contribution < 1.29 is 13.9 Å². The topological polar surface area (TPSA) is 98.7 Å².